The molecule has 0 aliphatic carbocycles. The zero-order chi connectivity index (χ0) is 14.4. The van der Waals surface area contributed by atoms with Crippen molar-refractivity contribution < 1.29 is 8.94 Å². The predicted octanol–water partition coefficient (Wildman–Crippen LogP) is 1.99. The van der Waals surface area contributed by atoms with Crippen LogP contribution in [-0.2, 0) is 0 Å². The van der Waals surface area contributed by atoms with E-state index in [2.05, 4.69) is 20.3 Å². The maximum absolute atomic E-state index is 11.5. The van der Waals surface area contributed by atoms with Crippen LogP contribution in [0.5, 0.6) is 0 Å². The molecule has 0 atom stereocenters. The Kier molecular flexibility index (Phi) is 2.45. The molecule has 21 heavy (non-hydrogen) atoms. The van der Waals surface area contributed by atoms with Gasteiger partial charge in [-0.25, -0.2) is 14.3 Å². The van der Waals surface area contributed by atoms with E-state index < -0.39 is 0 Å². The van der Waals surface area contributed by atoms with Crippen LogP contribution in [0.1, 0.15) is 0 Å². The zero-order valence-electron chi connectivity index (χ0n) is 10.3. The number of nitrogens with zero attached hydrogens (tertiary/aromatic N) is 4. The van der Waals surface area contributed by atoms with Gasteiger partial charge in [0.1, 0.15) is 6.26 Å². The molecule has 0 bridgehead atoms. The summed E-state index contributed by atoms with van der Waals surface area (Å²) in [6.07, 6.45) is 3.00. The highest BCUT2D eigenvalue weighted by molar-refractivity contribution is 6.29. The smallest absolute Gasteiger partial charge is 0.347 e. The second kappa shape index (κ2) is 4.32. The van der Waals surface area contributed by atoms with Crippen molar-refractivity contribution in [3.63, 3.8) is 0 Å². The minimum absolute atomic E-state index is 0.233. The third-order valence-corrected chi connectivity index (χ3v) is 3.11. The molecule has 0 spiro atoms. The second-order valence-electron chi connectivity index (χ2n) is 4.24. The number of rotatable bonds is 2. The van der Waals surface area contributed by atoms with Crippen molar-refractivity contribution >= 4 is 17.2 Å². The molecule has 0 amide bonds. The molecular formula is C12H6ClN5O3. The second-order valence-corrected chi connectivity index (χ2v) is 4.61. The first-order valence-corrected chi connectivity index (χ1v) is 6.24. The number of halogens is 1. The Morgan fingerprint density at radius 1 is 1.29 bits per heavy atom. The Bertz CT molecular complexity index is 996. The van der Waals surface area contributed by atoms with Crippen LogP contribution in [-0.4, -0.2) is 24.7 Å². The summed E-state index contributed by atoms with van der Waals surface area (Å²) >= 11 is 5.70. The molecule has 0 aliphatic heterocycles. The van der Waals surface area contributed by atoms with Gasteiger partial charge in [0.15, 0.2) is 10.9 Å². The lowest BCUT2D eigenvalue weighted by Crippen LogP contribution is -2.08. The van der Waals surface area contributed by atoms with Crippen LogP contribution in [0.3, 0.4) is 0 Å². The van der Waals surface area contributed by atoms with Crippen molar-refractivity contribution in [2.45, 2.75) is 0 Å². The fraction of sp³-hybridized carbons (Fsp3) is 0. The normalized spacial score (nSPS) is 11.3. The van der Waals surface area contributed by atoms with Gasteiger partial charge in [-0.15, -0.1) is 0 Å². The van der Waals surface area contributed by atoms with Crippen molar-refractivity contribution in [1.82, 2.24) is 24.7 Å². The van der Waals surface area contributed by atoms with Gasteiger partial charge in [-0.2, -0.15) is 10.1 Å². The number of pyridine rings is 1. The first-order valence-electron chi connectivity index (χ1n) is 5.86. The molecule has 4 heterocycles. The molecule has 0 aliphatic rings. The van der Waals surface area contributed by atoms with E-state index in [0.717, 1.165) is 0 Å². The van der Waals surface area contributed by atoms with E-state index >= 15 is 0 Å². The molecule has 1 N–H and O–H groups in total. The first kappa shape index (κ1) is 11.9. The summed E-state index contributed by atoms with van der Waals surface area (Å²) < 4.78 is 11.5. The number of aromatic amines is 1. The molecule has 0 fully saturated rings. The number of furan rings is 1. The SMILES string of the molecule is O=c1[nH]nc2ccc(-c3noc(-c4coc(Cl)c4)n3)cn12. The first-order chi connectivity index (χ1) is 10.2. The minimum atomic E-state index is -0.336. The van der Waals surface area contributed by atoms with Gasteiger partial charge in [0, 0.05) is 17.8 Å². The fourth-order valence-corrected chi connectivity index (χ4v) is 2.08. The molecule has 0 saturated heterocycles. The van der Waals surface area contributed by atoms with Crippen molar-refractivity contribution in [3.05, 3.63) is 46.4 Å². The van der Waals surface area contributed by atoms with Crippen LogP contribution < -0.4 is 5.69 Å². The van der Waals surface area contributed by atoms with Gasteiger partial charge >= 0.3 is 5.69 Å². The fourth-order valence-electron chi connectivity index (χ4n) is 1.92. The van der Waals surface area contributed by atoms with Crippen molar-refractivity contribution in [3.8, 4) is 22.8 Å². The Morgan fingerprint density at radius 3 is 3.00 bits per heavy atom. The summed E-state index contributed by atoms with van der Waals surface area (Å²) in [5.74, 6) is 0.623. The lowest BCUT2D eigenvalue weighted by molar-refractivity contribution is 0.431. The van der Waals surface area contributed by atoms with Crippen LogP contribution in [0.2, 0.25) is 5.22 Å². The van der Waals surface area contributed by atoms with Crippen molar-refractivity contribution in [2.24, 2.45) is 0 Å². The summed E-state index contributed by atoms with van der Waals surface area (Å²) in [5, 5.41) is 10.3. The Morgan fingerprint density at radius 2 is 2.19 bits per heavy atom. The molecular weight excluding hydrogens is 298 g/mol. The monoisotopic (exact) mass is 303 g/mol. The number of nitrogens with one attached hydrogen (secondary N) is 1. The molecule has 0 radical (unpaired) electrons. The van der Waals surface area contributed by atoms with Gasteiger partial charge in [0.05, 0.1) is 5.56 Å². The van der Waals surface area contributed by atoms with Gasteiger partial charge in [-0.3, -0.25) is 0 Å². The molecule has 4 aromatic heterocycles. The van der Waals surface area contributed by atoms with E-state index in [0.29, 0.717) is 22.6 Å². The molecule has 4 aromatic rings. The Labute approximate surface area is 121 Å². The van der Waals surface area contributed by atoms with E-state index in [4.69, 9.17) is 20.5 Å². The summed E-state index contributed by atoms with van der Waals surface area (Å²) in [4.78, 5) is 15.8. The van der Waals surface area contributed by atoms with Gasteiger partial charge < -0.3 is 8.94 Å². The van der Waals surface area contributed by atoms with E-state index in [1.54, 1.807) is 24.4 Å². The van der Waals surface area contributed by atoms with Gasteiger partial charge in [-0.1, -0.05) is 5.16 Å². The minimum Gasteiger partial charge on any atom is -0.452 e. The van der Waals surface area contributed by atoms with Gasteiger partial charge in [0.2, 0.25) is 5.82 Å². The zero-order valence-corrected chi connectivity index (χ0v) is 11.0. The molecule has 4 rings (SSSR count). The van der Waals surface area contributed by atoms with E-state index in [1.165, 1.54) is 10.7 Å². The van der Waals surface area contributed by atoms with Crippen molar-refractivity contribution in [2.75, 3.05) is 0 Å². The summed E-state index contributed by atoms with van der Waals surface area (Å²) in [5.41, 5.74) is 1.38. The highest BCUT2D eigenvalue weighted by atomic mass is 35.5. The van der Waals surface area contributed by atoms with Gasteiger partial charge in [-0.05, 0) is 23.7 Å². The maximum Gasteiger partial charge on any atom is 0.347 e. The standard InChI is InChI=1S/C12H6ClN5O3/c13-8-3-7(5-20-8)11-14-10(17-21-11)6-1-2-9-15-16-12(19)18(9)4-6/h1-5H,(H,16,19). The summed E-state index contributed by atoms with van der Waals surface area (Å²) in [6, 6.07) is 4.99. The van der Waals surface area contributed by atoms with Crippen LogP contribution >= 0.6 is 11.6 Å². The molecule has 0 unspecified atom stereocenters. The number of hydrogen-bond donors (Lipinski definition) is 1. The van der Waals surface area contributed by atoms with E-state index in [1.807, 2.05) is 0 Å². The third-order valence-electron chi connectivity index (χ3n) is 2.91. The van der Waals surface area contributed by atoms with E-state index in [-0.39, 0.29) is 16.8 Å². The quantitative estimate of drug-likeness (QED) is 0.607. The third kappa shape index (κ3) is 1.93. The highest BCUT2D eigenvalue weighted by Gasteiger charge is 2.13. The van der Waals surface area contributed by atoms with Crippen LogP contribution in [0.15, 0.2) is 44.4 Å². The average molecular weight is 304 g/mol. The number of hydrogen-bond acceptors (Lipinski definition) is 6. The van der Waals surface area contributed by atoms with Crippen LogP contribution in [0.4, 0.5) is 0 Å². The largest absolute Gasteiger partial charge is 0.452 e. The summed E-state index contributed by atoms with van der Waals surface area (Å²) in [7, 11) is 0. The maximum atomic E-state index is 11.5. The molecule has 9 heteroatoms. The number of aromatic nitrogens is 5. The predicted molar refractivity (Wildman–Crippen MR) is 71.8 cm³/mol. The molecule has 104 valence electrons. The lowest BCUT2D eigenvalue weighted by Gasteiger charge is -1.94. The van der Waals surface area contributed by atoms with E-state index in [9.17, 15) is 4.79 Å². The van der Waals surface area contributed by atoms with Crippen LogP contribution in [0, 0.1) is 0 Å². The number of H-pyrrole nitrogens is 1. The number of fused-ring (bicyclic) bond motifs is 1. The van der Waals surface area contributed by atoms with Crippen LogP contribution in [0.25, 0.3) is 28.5 Å². The molecule has 0 saturated carbocycles. The molecule has 8 nitrogen and oxygen atoms in total. The lowest BCUT2D eigenvalue weighted by atomic mass is 10.2. The Hall–Kier alpha value is -2.87. The summed E-state index contributed by atoms with van der Waals surface area (Å²) in [6.45, 7) is 0. The topological polar surface area (TPSA) is 102 Å². The van der Waals surface area contributed by atoms with Crippen molar-refractivity contribution in [1.29, 1.82) is 0 Å². The highest BCUT2D eigenvalue weighted by Crippen LogP contribution is 2.25. The average Bonchev–Trinajstić information content (AvgIpc) is 3.19. The molecule has 0 aromatic carbocycles. The Balaban J connectivity index is 1.80. The van der Waals surface area contributed by atoms with Gasteiger partial charge in [0.25, 0.3) is 5.89 Å².